The molecule has 0 aliphatic carbocycles. The normalized spacial score (nSPS) is 9.50. The molecule has 0 aliphatic heterocycles. The molecule has 0 amide bonds. The summed E-state index contributed by atoms with van der Waals surface area (Å²) in [6, 6.07) is 4.99. The van der Waals surface area contributed by atoms with E-state index in [2.05, 4.69) is 15.9 Å². The minimum atomic E-state index is -0.466. The Balaban J connectivity index is 3.32. The van der Waals surface area contributed by atoms with E-state index in [9.17, 15) is 10.1 Å². The van der Waals surface area contributed by atoms with Crippen molar-refractivity contribution in [3.05, 3.63) is 37.8 Å². The summed E-state index contributed by atoms with van der Waals surface area (Å²) in [5.41, 5.74) is 1.24. The van der Waals surface area contributed by atoms with Gasteiger partial charge in [0.2, 0.25) is 0 Å². The summed E-state index contributed by atoms with van der Waals surface area (Å²) < 4.78 is 0.786. The third kappa shape index (κ3) is 2.09. The minimum Gasteiger partial charge on any atom is -0.258 e. The van der Waals surface area contributed by atoms with Gasteiger partial charge in [0, 0.05) is 16.1 Å². The molecule has 0 radical (unpaired) electrons. The van der Waals surface area contributed by atoms with Gasteiger partial charge in [-0.05, 0) is 18.6 Å². The second-order valence-corrected chi connectivity index (χ2v) is 3.68. The van der Waals surface area contributed by atoms with E-state index in [-0.39, 0.29) is 12.1 Å². The van der Waals surface area contributed by atoms with Gasteiger partial charge in [-0.3, -0.25) is 10.1 Å². The monoisotopic (exact) mass is 254 g/mol. The van der Waals surface area contributed by atoms with E-state index in [0.717, 1.165) is 10.0 Å². The van der Waals surface area contributed by atoms with Crippen LogP contribution in [0.5, 0.6) is 0 Å². The van der Waals surface area contributed by atoms with E-state index in [1.807, 2.05) is 6.07 Å². The first-order valence-corrected chi connectivity index (χ1v) is 4.66. The maximum absolute atomic E-state index is 10.6. The zero-order valence-corrected chi connectivity index (χ0v) is 9.04. The van der Waals surface area contributed by atoms with E-state index in [0.29, 0.717) is 5.56 Å². The topological polar surface area (TPSA) is 66.9 Å². The molecule has 0 fully saturated rings. The van der Waals surface area contributed by atoms with Gasteiger partial charge in [-0.25, -0.2) is 0 Å². The lowest BCUT2D eigenvalue weighted by molar-refractivity contribution is -0.385. The molecule has 0 heterocycles. The van der Waals surface area contributed by atoms with Crippen LogP contribution in [0.25, 0.3) is 0 Å². The number of nitriles is 1. The number of benzene rings is 1. The average Bonchev–Trinajstić information content (AvgIpc) is 2.11. The summed E-state index contributed by atoms with van der Waals surface area (Å²) in [5, 5.41) is 19.1. The molecular formula is C9H7BrN2O2. The van der Waals surface area contributed by atoms with Crippen molar-refractivity contribution in [2.75, 3.05) is 0 Å². The maximum atomic E-state index is 10.6. The Labute approximate surface area is 89.4 Å². The Kier molecular flexibility index (Phi) is 3.20. The average molecular weight is 255 g/mol. The Morgan fingerprint density at radius 2 is 2.29 bits per heavy atom. The van der Waals surface area contributed by atoms with Gasteiger partial charge in [-0.1, -0.05) is 15.9 Å². The van der Waals surface area contributed by atoms with Crippen LogP contribution in [0, 0.1) is 28.4 Å². The van der Waals surface area contributed by atoms with E-state index in [1.165, 1.54) is 6.07 Å². The van der Waals surface area contributed by atoms with E-state index in [1.54, 1.807) is 13.0 Å². The lowest BCUT2D eigenvalue weighted by atomic mass is 10.1. The third-order valence-corrected chi connectivity index (χ3v) is 2.68. The van der Waals surface area contributed by atoms with Crippen molar-refractivity contribution < 1.29 is 4.92 Å². The van der Waals surface area contributed by atoms with Gasteiger partial charge in [0.15, 0.2) is 0 Å². The maximum Gasteiger partial charge on any atom is 0.273 e. The number of aryl methyl sites for hydroxylation is 1. The van der Waals surface area contributed by atoms with Gasteiger partial charge in [0.05, 0.1) is 17.4 Å². The quantitative estimate of drug-likeness (QED) is 0.602. The molecule has 5 heteroatoms. The van der Waals surface area contributed by atoms with Gasteiger partial charge in [0.25, 0.3) is 5.69 Å². The van der Waals surface area contributed by atoms with Crippen LogP contribution in [-0.2, 0) is 6.42 Å². The highest BCUT2D eigenvalue weighted by Crippen LogP contribution is 2.26. The lowest BCUT2D eigenvalue weighted by Crippen LogP contribution is -1.96. The zero-order valence-electron chi connectivity index (χ0n) is 7.45. The van der Waals surface area contributed by atoms with Gasteiger partial charge >= 0.3 is 0 Å². The molecule has 72 valence electrons. The largest absolute Gasteiger partial charge is 0.273 e. The second-order valence-electron chi connectivity index (χ2n) is 2.82. The number of nitro benzene ring substituents is 1. The summed E-state index contributed by atoms with van der Waals surface area (Å²) in [5.74, 6) is 0. The fraction of sp³-hybridized carbons (Fsp3) is 0.222. The molecule has 0 bridgehead atoms. The first kappa shape index (κ1) is 10.7. The summed E-state index contributed by atoms with van der Waals surface area (Å²) in [4.78, 5) is 10.2. The summed E-state index contributed by atoms with van der Waals surface area (Å²) >= 11 is 3.27. The molecule has 0 aromatic heterocycles. The predicted molar refractivity (Wildman–Crippen MR) is 54.9 cm³/mol. The molecular weight excluding hydrogens is 248 g/mol. The smallest absolute Gasteiger partial charge is 0.258 e. The molecule has 0 unspecified atom stereocenters. The molecule has 14 heavy (non-hydrogen) atoms. The number of rotatable bonds is 2. The van der Waals surface area contributed by atoms with Crippen molar-refractivity contribution in [3.63, 3.8) is 0 Å². The van der Waals surface area contributed by atoms with Crippen molar-refractivity contribution in [1.29, 1.82) is 5.26 Å². The highest BCUT2D eigenvalue weighted by atomic mass is 79.9. The van der Waals surface area contributed by atoms with Crippen molar-refractivity contribution in [1.82, 2.24) is 0 Å². The first-order valence-electron chi connectivity index (χ1n) is 3.86. The van der Waals surface area contributed by atoms with Crippen LogP contribution < -0.4 is 0 Å². The number of hydrogen-bond acceptors (Lipinski definition) is 3. The predicted octanol–water partition coefficient (Wildman–Crippen LogP) is 2.73. The Hall–Kier alpha value is -1.41. The van der Waals surface area contributed by atoms with Gasteiger partial charge < -0.3 is 0 Å². The van der Waals surface area contributed by atoms with E-state index < -0.39 is 4.92 Å². The van der Waals surface area contributed by atoms with Crippen LogP contribution in [0.4, 0.5) is 5.69 Å². The molecule has 0 aliphatic rings. The number of nitro groups is 1. The van der Waals surface area contributed by atoms with Gasteiger partial charge in [0.1, 0.15) is 0 Å². The van der Waals surface area contributed by atoms with Crippen LogP contribution in [0.15, 0.2) is 16.6 Å². The van der Waals surface area contributed by atoms with Gasteiger partial charge in [-0.15, -0.1) is 0 Å². The molecule has 4 nitrogen and oxygen atoms in total. The highest BCUT2D eigenvalue weighted by Gasteiger charge is 2.15. The van der Waals surface area contributed by atoms with Crippen LogP contribution >= 0.6 is 15.9 Å². The number of halogens is 1. The summed E-state index contributed by atoms with van der Waals surface area (Å²) in [7, 11) is 0. The van der Waals surface area contributed by atoms with Gasteiger partial charge in [-0.2, -0.15) is 5.26 Å². The zero-order chi connectivity index (χ0) is 10.7. The van der Waals surface area contributed by atoms with E-state index in [4.69, 9.17) is 5.26 Å². The van der Waals surface area contributed by atoms with E-state index >= 15 is 0 Å². The Morgan fingerprint density at radius 1 is 1.64 bits per heavy atom. The van der Waals surface area contributed by atoms with Crippen LogP contribution in [0.3, 0.4) is 0 Å². The second kappa shape index (κ2) is 4.20. The van der Waals surface area contributed by atoms with Crippen molar-refractivity contribution >= 4 is 21.6 Å². The number of hydrogen-bond donors (Lipinski definition) is 0. The molecule has 0 spiro atoms. The Morgan fingerprint density at radius 3 is 2.79 bits per heavy atom. The lowest BCUT2D eigenvalue weighted by Gasteiger charge is -2.02. The standard InChI is InChI=1S/C9H7BrN2O2/c1-6-4-9(12(13)14)7(2-3-11)5-8(6)10/h4-5H,2H2,1H3. The first-order chi connectivity index (χ1) is 6.56. The van der Waals surface area contributed by atoms with Crippen LogP contribution in [0.2, 0.25) is 0 Å². The van der Waals surface area contributed by atoms with Crippen molar-refractivity contribution in [2.24, 2.45) is 0 Å². The van der Waals surface area contributed by atoms with Crippen molar-refractivity contribution in [3.8, 4) is 6.07 Å². The molecule has 0 N–H and O–H groups in total. The fourth-order valence-corrected chi connectivity index (χ4v) is 1.49. The fourth-order valence-electron chi connectivity index (χ4n) is 1.10. The molecule has 0 saturated heterocycles. The van der Waals surface area contributed by atoms with Crippen LogP contribution in [-0.4, -0.2) is 4.92 Å². The highest BCUT2D eigenvalue weighted by molar-refractivity contribution is 9.10. The van der Waals surface area contributed by atoms with Crippen LogP contribution in [0.1, 0.15) is 11.1 Å². The van der Waals surface area contributed by atoms with Crippen molar-refractivity contribution in [2.45, 2.75) is 13.3 Å². The molecule has 0 atom stereocenters. The molecule has 1 rings (SSSR count). The third-order valence-electron chi connectivity index (χ3n) is 1.83. The summed E-state index contributed by atoms with van der Waals surface area (Å²) in [6.45, 7) is 1.77. The molecule has 0 saturated carbocycles. The molecule has 1 aromatic carbocycles. The minimum absolute atomic E-state index is 0.00671. The molecule has 1 aromatic rings. The SMILES string of the molecule is Cc1cc([N+](=O)[O-])c(CC#N)cc1Br. The summed E-state index contributed by atoms with van der Waals surface area (Å²) in [6.07, 6.45) is 0.0508. The number of nitrogens with zero attached hydrogens (tertiary/aromatic N) is 2. The Bertz CT molecular complexity index is 424.